The average molecular weight is 370 g/mol. The number of carbonyl (C=O) groups is 2. The van der Waals surface area contributed by atoms with Crippen LogP contribution in [0.15, 0.2) is 35.1 Å². The van der Waals surface area contributed by atoms with E-state index in [1.54, 1.807) is 12.1 Å². The molecular weight excluding hydrogens is 358 g/mol. The first-order valence-electron chi connectivity index (χ1n) is 5.92. The van der Waals surface area contributed by atoms with Crippen molar-refractivity contribution in [2.75, 3.05) is 22.1 Å². The largest absolute Gasteiger partial charge is 0.325 e. The number of aromatic nitrogens is 3. The van der Waals surface area contributed by atoms with Crippen LogP contribution in [0.25, 0.3) is 0 Å². The standard InChI is InChI=1S/C12H12BrN5O2S/c13-8-2-1-3-9(4-8)16-10(19)5-21-6-11(20)17-12-14-7-15-18-12/h1-4,7H,5-6H2,(H,16,19)(H2,14,15,17,18,20). The van der Waals surface area contributed by atoms with E-state index in [2.05, 4.69) is 41.7 Å². The van der Waals surface area contributed by atoms with Crippen LogP contribution in [0.1, 0.15) is 0 Å². The summed E-state index contributed by atoms with van der Waals surface area (Å²) in [6.45, 7) is 0. The molecule has 110 valence electrons. The molecule has 0 spiro atoms. The molecule has 0 aliphatic heterocycles. The van der Waals surface area contributed by atoms with E-state index in [0.29, 0.717) is 11.6 Å². The molecule has 9 heteroatoms. The van der Waals surface area contributed by atoms with Crippen LogP contribution in [0.4, 0.5) is 11.6 Å². The zero-order valence-electron chi connectivity index (χ0n) is 10.8. The Morgan fingerprint density at radius 2 is 2.00 bits per heavy atom. The van der Waals surface area contributed by atoms with E-state index in [9.17, 15) is 9.59 Å². The summed E-state index contributed by atoms with van der Waals surface area (Å²) in [5.74, 6) is 0.236. The van der Waals surface area contributed by atoms with E-state index in [-0.39, 0.29) is 23.3 Å². The van der Waals surface area contributed by atoms with Gasteiger partial charge in [-0.3, -0.25) is 14.9 Å². The van der Waals surface area contributed by atoms with E-state index in [4.69, 9.17) is 0 Å². The highest BCUT2D eigenvalue weighted by Crippen LogP contribution is 2.15. The number of halogens is 1. The van der Waals surface area contributed by atoms with Crippen LogP contribution in [-0.4, -0.2) is 38.5 Å². The molecule has 0 atom stereocenters. The Kier molecular flexibility index (Phi) is 5.76. The van der Waals surface area contributed by atoms with Crippen molar-refractivity contribution in [3.8, 4) is 0 Å². The van der Waals surface area contributed by atoms with Crippen molar-refractivity contribution in [2.24, 2.45) is 0 Å². The molecule has 3 N–H and O–H groups in total. The molecular formula is C12H12BrN5O2S. The Labute approximate surface area is 133 Å². The van der Waals surface area contributed by atoms with E-state index >= 15 is 0 Å². The highest BCUT2D eigenvalue weighted by atomic mass is 79.9. The molecule has 0 unspecified atom stereocenters. The summed E-state index contributed by atoms with van der Waals surface area (Å²) in [4.78, 5) is 27.0. The Balaban J connectivity index is 1.68. The fourth-order valence-electron chi connectivity index (χ4n) is 1.43. The minimum atomic E-state index is -0.244. The Bertz CT molecular complexity index is 620. The molecule has 2 rings (SSSR count). The summed E-state index contributed by atoms with van der Waals surface area (Å²) in [5, 5.41) is 11.4. The molecule has 0 aliphatic carbocycles. The first-order valence-corrected chi connectivity index (χ1v) is 7.86. The predicted octanol–water partition coefficient (Wildman–Crippen LogP) is 1.88. The first-order chi connectivity index (χ1) is 10.1. The molecule has 0 radical (unpaired) electrons. The van der Waals surface area contributed by atoms with Gasteiger partial charge in [-0.1, -0.05) is 22.0 Å². The van der Waals surface area contributed by atoms with Crippen LogP contribution in [0, 0.1) is 0 Å². The number of aromatic amines is 1. The van der Waals surface area contributed by atoms with Gasteiger partial charge < -0.3 is 5.32 Å². The third-order valence-corrected chi connectivity index (χ3v) is 3.67. The quantitative estimate of drug-likeness (QED) is 0.721. The summed E-state index contributed by atoms with van der Waals surface area (Å²) < 4.78 is 0.888. The normalized spacial score (nSPS) is 10.1. The summed E-state index contributed by atoms with van der Waals surface area (Å²) in [6.07, 6.45) is 1.30. The van der Waals surface area contributed by atoms with Crippen LogP contribution < -0.4 is 10.6 Å². The Morgan fingerprint density at radius 1 is 1.24 bits per heavy atom. The van der Waals surface area contributed by atoms with Gasteiger partial charge in [0.05, 0.1) is 11.5 Å². The van der Waals surface area contributed by atoms with Gasteiger partial charge in [-0.2, -0.15) is 10.1 Å². The number of benzene rings is 1. The number of anilines is 2. The van der Waals surface area contributed by atoms with Crippen molar-refractivity contribution in [1.29, 1.82) is 0 Å². The number of amides is 2. The van der Waals surface area contributed by atoms with Crippen LogP contribution in [0.3, 0.4) is 0 Å². The van der Waals surface area contributed by atoms with Crippen molar-refractivity contribution >= 4 is 51.1 Å². The number of hydrogen-bond donors (Lipinski definition) is 3. The topological polar surface area (TPSA) is 99.8 Å². The third-order valence-electron chi connectivity index (χ3n) is 2.25. The number of H-pyrrole nitrogens is 1. The lowest BCUT2D eigenvalue weighted by atomic mass is 10.3. The van der Waals surface area contributed by atoms with Crippen molar-refractivity contribution < 1.29 is 9.59 Å². The maximum absolute atomic E-state index is 11.7. The molecule has 1 aromatic carbocycles. The van der Waals surface area contributed by atoms with Crippen LogP contribution >= 0.6 is 27.7 Å². The minimum Gasteiger partial charge on any atom is -0.325 e. The lowest BCUT2D eigenvalue weighted by Crippen LogP contribution is -2.18. The highest BCUT2D eigenvalue weighted by molar-refractivity contribution is 9.10. The third kappa shape index (κ3) is 5.56. The van der Waals surface area contributed by atoms with E-state index < -0.39 is 0 Å². The van der Waals surface area contributed by atoms with Crippen LogP contribution in [0.2, 0.25) is 0 Å². The van der Waals surface area contributed by atoms with Gasteiger partial charge in [0, 0.05) is 10.2 Å². The molecule has 7 nitrogen and oxygen atoms in total. The van der Waals surface area contributed by atoms with E-state index in [0.717, 1.165) is 4.47 Å². The van der Waals surface area contributed by atoms with E-state index in [1.807, 2.05) is 12.1 Å². The Morgan fingerprint density at radius 3 is 2.67 bits per heavy atom. The number of carbonyl (C=O) groups excluding carboxylic acids is 2. The molecule has 0 saturated heterocycles. The van der Waals surface area contributed by atoms with Crippen molar-refractivity contribution in [1.82, 2.24) is 15.2 Å². The smallest absolute Gasteiger partial charge is 0.236 e. The van der Waals surface area contributed by atoms with Gasteiger partial charge in [-0.15, -0.1) is 11.8 Å². The molecule has 0 fully saturated rings. The fourth-order valence-corrected chi connectivity index (χ4v) is 2.45. The lowest BCUT2D eigenvalue weighted by Gasteiger charge is -2.05. The number of nitrogens with zero attached hydrogens (tertiary/aromatic N) is 2. The maximum atomic E-state index is 11.7. The SMILES string of the molecule is O=C(CSCC(=O)Nc1ncn[nH]1)Nc1cccc(Br)c1. The monoisotopic (exact) mass is 369 g/mol. The fraction of sp³-hybridized carbons (Fsp3) is 0.167. The van der Waals surface area contributed by atoms with Gasteiger partial charge in [0.25, 0.3) is 0 Å². The second kappa shape index (κ2) is 7.79. The first kappa shape index (κ1) is 15.5. The van der Waals surface area contributed by atoms with Gasteiger partial charge >= 0.3 is 0 Å². The van der Waals surface area contributed by atoms with Gasteiger partial charge in [0.1, 0.15) is 6.33 Å². The molecule has 0 saturated carbocycles. The second-order valence-electron chi connectivity index (χ2n) is 3.93. The Hall–Kier alpha value is -1.87. The maximum Gasteiger partial charge on any atom is 0.236 e. The molecule has 0 bridgehead atoms. The predicted molar refractivity (Wildman–Crippen MR) is 85.1 cm³/mol. The van der Waals surface area contributed by atoms with Crippen LogP contribution in [-0.2, 0) is 9.59 Å². The minimum absolute atomic E-state index is 0.159. The number of thioether (sulfide) groups is 1. The number of hydrogen-bond acceptors (Lipinski definition) is 5. The summed E-state index contributed by atoms with van der Waals surface area (Å²) in [5.41, 5.74) is 0.709. The van der Waals surface area contributed by atoms with Crippen molar-refractivity contribution in [2.45, 2.75) is 0 Å². The lowest BCUT2D eigenvalue weighted by molar-refractivity contribution is -0.114. The molecule has 2 amide bonds. The van der Waals surface area contributed by atoms with Gasteiger partial charge in [-0.25, -0.2) is 5.10 Å². The van der Waals surface area contributed by atoms with Crippen molar-refractivity contribution in [3.05, 3.63) is 35.1 Å². The van der Waals surface area contributed by atoms with Crippen molar-refractivity contribution in [3.63, 3.8) is 0 Å². The molecule has 0 aliphatic rings. The molecule has 1 heterocycles. The zero-order valence-corrected chi connectivity index (χ0v) is 13.2. The summed E-state index contributed by atoms with van der Waals surface area (Å²) in [6, 6.07) is 7.30. The molecule has 1 aromatic heterocycles. The summed E-state index contributed by atoms with van der Waals surface area (Å²) >= 11 is 4.55. The molecule has 21 heavy (non-hydrogen) atoms. The van der Waals surface area contributed by atoms with Gasteiger partial charge in [0.15, 0.2) is 0 Å². The highest BCUT2D eigenvalue weighted by Gasteiger charge is 2.07. The number of nitrogens with one attached hydrogen (secondary N) is 3. The molecule has 2 aromatic rings. The second-order valence-corrected chi connectivity index (χ2v) is 5.83. The average Bonchev–Trinajstić information content (AvgIpc) is 2.91. The van der Waals surface area contributed by atoms with Gasteiger partial charge in [-0.05, 0) is 18.2 Å². The van der Waals surface area contributed by atoms with E-state index in [1.165, 1.54) is 18.1 Å². The summed E-state index contributed by atoms with van der Waals surface area (Å²) in [7, 11) is 0. The van der Waals surface area contributed by atoms with Crippen LogP contribution in [0.5, 0.6) is 0 Å². The number of rotatable bonds is 6. The zero-order chi connectivity index (χ0) is 15.1. The van der Waals surface area contributed by atoms with Gasteiger partial charge in [0.2, 0.25) is 17.8 Å².